The van der Waals surface area contributed by atoms with Crippen molar-refractivity contribution in [2.75, 3.05) is 13.1 Å². The van der Waals surface area contributed by atoms with Gasteiger partial charge >= 0.3 is 6.03 Å². The third-order valence-corrected chi connectivity index (χ3v) is 3.36. The number of nitrogens with two attached hydrogens (primary N) is 1. The molecule has 0 radical (unpaired) electrons. The van der Waals surface area contributed by atoms with Gasteiger partial charge in [-0.05, 0) is 32.8 Å². The first kappa shape index (κ1) is 16.1. The molecule has 7 nitrogen and oxygen atoms in total. The number of urea groups is 1. The van der Waals surface area contributed by atoms with Crippen molar-refractivity contribution in [2.45, 2.75) is 38.8 Å². The molecule has 1 saturated heterocycles. The number of primary amides is 1. The summed E-state index contributed by atoms with van der Waals surface area (Å²) in [6.45, 7) is 5.10. The zero-order chi connectivity index (χ0) is 16.1. The average molecular weight is 306 g/mol. The predicted molar refractivity (Wildman–Crippen MR) is 81.6 cm³/mol. The lowest BCUT2D eigenvalue weighted by atomic mass is 10.1. The van der Waals surface area contributed by atoms with Crippen LogP contribution in [0.15, 0.2) is 18.3 Å². The van der Waals surface area contributed by atoms with Crippen LogP contribution >= 0.6 is 0 Å². The number of hydrogen-bond acceptors (Lipinski definition) is 4. The first-order chi connectivity index (χ1) is 10.5. The lowest BCUT2D eigenvalue weighted by Crippen LogP contribution is -2.50. The monoisotopic (exact) mass is 306 g/mol. The molecule has 0 bridgehead atoms. The lowest BCUT2D eigenvalue weighted by Gasteiger charge is -2.33. The summed E-state index contributed by atoms with van der Waals surface area (Å²) >= 11 is 0. The van der Waals surface area contributed by atoms with Gasteiger partial charge in [0.2, 0.25) is 0 Å². The molecule has 1 aliphatic heterocycles. The molecule has 1 fully saturated rings. The van der Waals surface area contributed by atoms with Crippen LogP contribution in [0.1, 0.15) is 37.2 Å². The number of likely N-dealkylation sites (tertiary alicyclic amines) is 1. The molecule has 0 aliphatic carbocycles. The second-order valence-electron chi connectivity index (χ2n) is 5.67. The van der Waals surface area contributed by atoms with E-state index in [0.29, 0.717) is 12.3 Å². The Morgan fingerprint density at radius 3 is 2.95 bits per heavy atom. The van der Waals surface area contributed by atoms with Gasteiger partial charge in [0.25, 0.3) is 5.91 Å². The summed E-state index contributed by atoms with van der Waals surface area (Å²) in [4.78, 5) is 28.8. The van der Waals surface area contributed by atoms with Crippen molar-refractivity contribution in [3.63, 3.8) is 0 Å². The van der Waals surface area contributed by atoms with E-state index in [2.05, 4.69) is 10.3 Å². The molecule has 2 rings (SSSR count). The van der Waals surface area contributed by atoms with Gasteiger partial charge in [-0.2, -0.15) is 0 Å². The maximum atomic E-state index is 12.0. The van der Waals surface area contributed by atoms with Gasteiger partial charge in [0.05, 0.1) is 6.54 Å². The maximum Gasteiger partial charge on any atom is 0.317 e. The van der Waals surface area contributed by atoms with Gasteiger partial charge in [-0.15, -0.1) is 0 Å². The largest absolute Gasteiger partial charge is 0.488 e. The minimum atomic E-state index is -0.591. The SMILES string of the molecule is CC(C)NC(=O)N1CCCC(Oc2ccnc(C(N)=O)c2)C1. The molecule has 2 heterocycles. The Balaban J connectivity index is 1.97. The van der Waals surface area contributed by atoms with Gasteiger partial charge in [0.1, 0.15) is 17.5 Å². The van der Waals surface area contributed by atoms with Gasteiger partial charge in [0, 0.05) is 24.8 Å². The van der Waals surface area contributed by atoms with Gasteiger partial charge in [-0.25, -0.2) is 4.79 Å². The predicted octanol–water partition coefficient (Wildman–Crippen LogP) is 1.14. The fraction of sp³-hybridized carbons (Fsp3) is 0.533. The van der Waals surface area contributed by atoms with Gasteiger partial charge in [-0.1, -0.05) is 0 Å². The van der Waals surface area contributed by atoms with Crippen LogP contribution in [0.4, 0.5) is 4.79 Å². The van der Waals surface area contributed by atoms with E-state index in [0.717, 1.165) is 19.4 Å². The molecule has 0 saturated carbocycles. The number of carbonyl (C=O) groups excluding carboxylic acids is 2. The highest BCUT2D eigenvalue weighted by Crippen LogP contribution is 2.19. The molecule has 0 spiro atoms. The Morgan fingerprint density at radius 2 is 2.27 bits per heavy atom. The number of nitrogens with zero attached hydrogens (tertiary/aromatic N) is 2. The molecule has 1 aromatic heterocycles. The molecule has 1 atom stereocenters. The molecular weight excluding hydrogens is 284 g/mol. The summed E-state index contributed by atoms with van der Waals surface area (Å²) in [5.74, 6) is -0.0491. The topological polar surface area (TPSA) is 97.6 Å². The van der Waals surface area contributed by atoms with E-state index in [4.69, 9.17) is 10.5 Å². The number of aromatic nitrogens is 1. The van der Waals surface area contributed by atoms with E-state index in [1.807, 2.05) is 13.8 Å². The molecule has 7 heteroatoms. The maximum absolute atomic E-state index is 12.0. The number of rotatable bonds is 4. The standard InChI is InChI=1S/C15H22N4O3/c1-10(2)18-15(21)19-7-3-4-12(9-19)22-11-5-6-17-13(8-11)14(16)20/h5-6,8,10,12H,3-4,7,9H2,1-2H3,(H2,16,20)(H,18,21). The zero-order valence-electron chi connectivity index (χ0n) is 12.9. The Morgan fingerprint density at radius 1 is 1.50 bits per heavy atom. The van der Waals surface area contributed by atoms with E-state index >= 15 is 0 Å². The second kappa shape index (κ2) is 7.11. The van der Waals surface area contributed by atoms with E-state index in [-0.39, 0.29) is 23.9 Å². The molecule has 120 valence electrons. The summed E-state index contributed by atoms with van der Waals surface area (Å²) < 4.78 is 5.86. The van der Waals surface area contributed by atoms with E-state index in [1.54, 1.807) is 11.0 Å². The number of amides is 3. The van der Waals surface area contributed by atoms with Crippen LogP contribution in [0, 0.1) is 0 Å². The summed E-state index contributed by atoms with van der Waals surface area (Å²) in [5.41, 5.74) is 5.37. The third kappa shape index (κ3) is 4.34. The van der Waals surface area contributed by atoms with Crippen LogP contribution in [0.3, 0.4) is 0 Å². The molecule has 1 aromatic rings. The first-order valence-corrected chi connectivity index (χ1v) is 7.43. The van der Waals surface area contributed by atoms with Crippen molar-refractivity contribution in [3.05, 3.63) is 24.0 Å². The number of carbonyl (C=O) groups is 2. The van der Waals surface area contributed by atoms with Crippen molar-refractivity contribution >= 4 is 11.9 Å². The minimum absolute atomic E-state index is 0.0733. The first-order valence-electron chi connectivity index (χ1n) is 7.43. The summed E-state index contributed by atoms with van der Waals surface area (Å²) in [6, 6.07) is 3.23. The highest BCUT2D eigenvalue weighted by Gasteiger charge is 2.25. The molecule has 3 N–H and O–H groups in total. The zero-order valence-corrected chi connectivity index (χ0v) is 12.9. The van der Waals surface area contributed by atoms with E-state index < -0.39 is 5.91 Å². The van der Waals surface area contributed by atoms with Crippen molar-refractivity contribution in [3.8, 4) is 5.75 Å². The van der Waals surface area contributed by atoms with Gasteiger partial charge < -0.3 is 20.7 Å². The molecular formula is C15H22N4O3. The average Bonchev–Trinajstić information content (AvgIpc) is 2.47. The number of nitrogens with one attached hydrogen (secondary N) is 1. The normalized spacial score (nSPS) is 18.1. The van der Waals surface area contributed by atoms with Crippen LogP contribution in [0.25, 0.3) is 0 Å². The molecule has 22 heavy (non-hydrogen) atoms. The summed E-state index contributed by atoms with van der Waals surface area (Å²) in [6.07, 6.45) is 3.13. The van der Waals surface area contributed by atoms with Crippen molar-refractivity contribution in [2.24, 2.45) is 5.73 Å². The van der Waals surface area contributed by atoms with E-state index in [9.17, 15) is 9.59 Å². The molecule has 3 amide bonds. The number of hydrogen-bond donors (Lipinski definition) is 2. The highest BCUT2D eigenvalue weighted by atomic mass is 16.5. The van der Waals surface area contributed by atoms with Crippen LogP contribution in [0.2, 0.25) is 0 Å². The Bertz CT molecular complexity index is 547. The van der Waals surface area contributed by atoms with Crippen LogP contribution < -0.4 is 15.8 Å². The number of ether oxygens (including phenoxy) is 1. The van der Waals surface area contributed by atoms with Crippen molar-refractivity contribution < 1.29 is 14.3 Å². The van der Waals surface area contributed by atoms with Crippen molar-refractivity contribution in [1.82, 2.24) is 15.2 Å². The highest BCUT2D eigenvalue weighted by molar-refractivity contribution is 5.91. The smallest absolute Gasteiger partial charge is 0.317 e. The number of pyridine rings is 1. The van der Waals surface area contributed by atoms with Crippen LogP contribution in [-0.4, -0.2) is 47.1 Å². The Kier molecular flexibility index (Phi) is 5.19. The van der Waals surface area contributed by atoms with Gasteiger partial charge in [0.15, 0.2) is 0 Å². The lowest BCUT2D eigenvalue weighted by molar-refractivity contribution is 0.0979. The second-order valence-corrected chi connectivity index (χ2v) is 5.67. The van der Waals surface area contributed by atoms with Crippen LogP contribution in [-0.2, 0) is 0 Å². The van der Waals surface area contributed by atoms with Gasteiger partial charge in [-0.3, -0.25) is 9.78 Å². The third-order valence-electron chi connectivity index (χ3n) is 3.36. The fourth-order valence-electron chi connectivity index (χ4n) is 2.37. The molecule has 0 aromatic carbocycles. The van der Waals surface area contributed by atoms with Crippen molar-refractivity contribution in [1.29, 1.82) is 0 Å². The Hall–Kier alpha value is -2.31. The molecule has 1 unspecified atom stereocenters. The summed E-state index contributed by atoms with van der Waals surface area (Å²) in [5, 5.41) is 2.88. The van der Waals surface area contributed by atoms with E-state index in [1.165, 1.54) is 12.3 Å². The minimum Gasteiger partial charge on any atom is -0.488 e. The Labute approximate surface area is 129 Å². The van der Waals surface area contributed by atoms with Crippen LogP contribution in [0.5, 0.6) is 5.75 Å². The fourth-order valence-corrected chi connectivity index (χ4v) is 2.37. The quantitative estimate of drug-likeness (QED) is 0.871. The number of piperidine rings is 1. The summed E-state index contributed by atoms with van der Waals surface area (Å²) in [7, 11) is 0. The molecule has 1 aliphatic rings.